The van der Waals surface area contributed by atoms with Gasteiger partial charge in [-0.3, -0.25) is 4.79 Å². The Morgan fingerprint density at radius 3 is 2.74 bits per heavy atom. The number of rotatable bonds is 5. The van der Waals surface area contributed by atoms with Crippen molar-refractivity contribution in [3.63, 3.8) is 0 Å². The van der Waals surface area contributed by atoms with E-state index in [0.717, 1.165) is 24.4 Å². The molecular formula is C25H23F2N5O2. The van der Waals surface area contributed by atoms with Crippen molar-refractivity contribution in [2.75, 3.05) is 18.4 Å². The second-order valence-corrected chi connectivity index (χ2v) is 8.41. The van der Waals surface area contributed by atoms with Crippen LogP contribution in [0.2, 0.25) is 0 Å². The number of benzene rings is 2. The lowest BCUT2D eigenvalue weighted by Gasteiger charge is -2.40. The fourth-order valence-corrected chi connectivity index (χ4v) is 4.48. The van der Waals surface area contributed by atoms with E-state index in [1.807, 2.05) is 24.3 Å². The SMILES string of the molecule is CC1CCCN(C(=O)c2ccc(F)c(F)c2-c2ncccn2)C1CNc1nc2ccccc2o1. The molecule has 0 saturated carbocycles. The van der Waals surface area contributed by atoms with Crippen LogP contribution in [0.4, 0.5) is 14.8 Å². The average Bonchev–Trinajstić information content (AvgIpc) is 3.28. The van der Waals surface area contributed by atoms with Crippen LogP contribution in [-0.2, 0) is 0 Å². The zero-order valence-corrected chi connectivity index (χ0v) is 18.5. The molecule has 1 fully saturated rings. The molecule has 34 heavy (non-hydrogen) atoms. The highest BCUT2D eigenvalue weighted by atomic mass is 19.2. The van der Waals surface area contributed by atoms with Gasteiger partial charge in [-0.05, 0) is 49.1 Å². The Labute approximate surface area is 194 Å². The summed E-state index contributed by atoms with van der Waals surface area (Å²) in [4.78, 5) is 27.9. The maximum absolute atomic E-state index is 14.9. The first kappa shape index (κ1) is 21.9. The number of halogens is 2. The van der Waals surface area contributed by atoms with Crippen LogP contribution in [0.5, 0.6) is 0 Å². The summed E-state index contributed by atoms with van der Waals surface area (Å²) in [6.45, 7) is 2.97. The summed E-state index contributed by atoms with van der Waals surface area (Å²) in [5, 5.41) is 3.21. The van der Waals surface area contributed by atoms with Gasteiger partial charge >= 0.3 is 0 Å². The zero-order chi connectivity index (χ0) is 23.7. The van der Waals surface area contributed by atoms with Crippen molar-refractivity contribution in [1.29, 1.82) is 0 Å². The number of likely N-dealkylation sites (tertiary alicyclic amines) is 1. The summed E-state index contributed by atoms with van der Waals surface area (Å²) in [6, 6.07) is 11.5. The molecule has 0 spiro atoms. The first-order valence-electron chi connectivity index (χ1n) is 11.2. The van der Waals surface area contributed by atoms with Crippen LogP contribution < -0.4 is 5.32 Å². The van der Waals surface area contributed by atoms with Crippen LogP contribution in [0.15, 0.2) is 59.3 Å². The largest absolute Gasteiger partial charge is 0.424 e. The van der Waals surface area contributed by atoms with Gasteiger partial charge in [0.2, 0.25) is 0 Å². The number of oxazole rings is 1. The smallest absolute Gasteiger partial charge is 0.295 e. The number of hydrogen-bond donors (Lipinski definition) is 1. The summed E-state index contributed by atoms with van der Waals surface area (Å²) in [5.41, 5.74) is 1.22. The van der Waals surface area contributed by atoms with Crippen LogP contribution in [0, 0.1) is 17.6 Å². The van der Waals surface area contributed by atoms with Crippen molar-refractivity contribution < 1.29 is 18.0 Å². The number of nitrogens with zero attached hydrogens (tertiary/aromatic N) is 4. The van der Waals surface area contributed by atoms with Crippen molar-refractivity contribution in [2.24, 2.45) is 5.92 Å². The third-order valence-corrected chi connectivity index (χ3v) is 6.25. The minimum absolute atomic E-state index is 0.0333. The molecule has 1 N–H and O–H groups in total. The van der Waals surface area contributed by atoms with Gasteiger partial charge in [-0.15, -0.1) is 0 Å². The molecule has 1 aliphatic heterocycles. The molecule has 174 valence electrons. The maximum Gasteiger partial charge on any atom is 0.295 e. The normalized spacial score (nSPS) is 18.3. The van der Waals surface area contributed by atoms with Crippen molar-refractivity contribution >= 4 is 23.0 Å². The Morgan fingerprint density at radius 2 is 1.94 bits per heavy atom. The van der Waals surface area contributed by atoms with E-state index in [1.165, 1.54) is 18.5 Å². The number of nitrogens with one attached hydrogen (secondary N) is 1. The summed E-state index contributed by atoms with van der Waals surface area (Å²) < 4.78 is 34.7. The molecule has 7 nitrogen and oxygen atoms in total. The predicted octanol–water partition coefficient (Wildman–Crippen LogP) is 4.92. The quantitative estimate of drug-likeness (QED) is 0.453. The van der Waals surface area contributed by atoms with Crippen molar-refractivity contribution in [2.45, 2.75) is 25.8 Å². The number of aromatic nitrogens is 3. The minimum Gasteiger partial charge on any atom is -0.424 e. The van der Waals surface area contributed by atoms with Crippen molar-refractivity contribution in [3.05, 3.63) is 72.1 Å². The Hall–Kier alpha value is -3.88. The van der Waals surface area contributed by atoms with E-state index >= 15 is 0 Å². The van der Waals surface area contributed by atoms with Gasteiger partial charge in [0.05, 0.1) is 17.2 Å². The molecule has 2 aromatic heterocycles. The van der Waals surface area contributed by atoms with Gasteiger partial charge in [-0.25, -0.2) is 18.7 Å². The number of fused-ring (bicyclic) bond motifs is 1. The molecular weight excluding hydrogens is 440 g/mol. The molecule has 0 bridgehead atoms. The minimum atomic E-state index is -1.14. The van der Waals surface area contributed by atoms with Gasteiger partial charge in [-0.1, -0.05) is 19.1 Å². The van der Waals surface area contributed by atoms with E-state index in [2.05, 4.69) is 27.2 Å². The van der Waals surface area contributed by atoms with E-state index < -0.39 is 17.5 Å². The molecule has 0 radical (unpaired) electrons. The third-order valence-electron chi connectivity index (χ3n) is 6.25. The van der Waals surface area contributed by atoms with Crippen LogP contribution in [-0.4, -0.2) is 44.9 Å². The van der Waals surface area contributed by atoms with Crippen LogP contribution in [0.1, 0.15) is 30.1 Å². The summed E-state index contributed by atoms with van der Waals surface area (Å²) >= 11 is 0. The number of carbonyl (C=O) groups is 1. The van der Waals surface area contributed by atoms with Gasteiger partial charge in [0.25, 0.3) is 11.9 Å². The van der Waals surface area contributed by atoms with Gasteiger partial charge in [0, 0.05) is 25.5 Å². The van der Waals surface area contributed by atoms with E-state index in [-0.39, 0.29) is 28.9 Å². The Morgan fingerprint density at radius 1 is 1.15 bits per heavy atom. The van der Waals surface area contributed by atoms with Gasteiger partial charge in [0.15, 0.2) is 23.0 Å². The van der Waals surface area contributed by atoms with Crippen LogP contribution in [0.25, 0.3) is 22.5 Å². The predicted molar refractivity (Wildman–Crippen MR) is 123 cm³/mol. The van der Waals surface area contributed by atoms with Gasteiger partial charge in [0.1, 0.15) is 5.52 Å². The monoisotopic (exact) mass is 463 g/mol. The van der Waals surface area contributed by atoms with Crippen LogP contribution in [0.3, 0.4) is 0 Å². The molecule has 1 amide bonds. The maximum atomic E-state index is 14.9. The van der Waals surface area contributed by atoms with E-state index in [9.17, 15) is 13.6 Å². The molecule has 2 atom stereocenters. The van der Waals surface area contributed by atoms with E-state index in [1.54, 1.807) is 11.0 Å². The summed E-state index contributed by atoms with van der Waals surface area (Å²) in [6.07, 6.45) is 4.61. The average molecular weight is 463 g/mol. The highest BCUT2D eigenvalue weighted by Crippen LogP contribution is 2.31. The Balaban J connectivity index is 1.44. The molecule has 0 aliphatic carbocycles. The van der Waals surface area contributed by atoms with Crippen LogP contribution >= 0.6 is 0 Å². The number of para-hydroxylation sites is 2. The first-order valence-corrected chi connectivity index (χ1v) is 11.2. The first-order chi connectivity index (χ1) is 16.5. The number of piperidine rings is 1. The van der Waals surface area contributed by atoms with Crippen molar-refractivity contribution in [1.82, 2.24) is 19.9 Å². The second kappa shape index (κ2) is 9.17. The lowest BCUT2D eigenvalue weighted by Crippen LogP contribution is -2.51. The van der Waals surface area contributed by atoms with Crippen molar-refractivity contribution in [3.8, 4) is 11.4 Å². The lowest BCUT2D eigenvalue weighted by atomic mass is 9.89. The topological polar surface area (TPSA) is 84.2 Å². The van der Waals surface area contributed by atoms with E-state index in [4.69, 9.17) is 4.42 Å². The molecule has 3 heterocycles. The van der Waals surface area contributed by atoms with Gasteiger partial charge in [-0.2, -0.15) is 4.98 Å². The summed E-state index contributed by atoms with van der Waals surface area (Å²) in [7, 11) is 0. The highest BCUT2D eigenvalue weighted by Gasteiger charge is 2.34. The Bertz CT molecular complexity index is 1290. The molecule has 5 rings (SSSR count). The molecule has 2 unspecified atom stereocenters. The number of anilines is 1. The third kappa shape index (κ3) is 4.09. The molecule has 1 aliphatic rings. The molecule has 1 saturated heterocycles. The molecule has 9 heteroatoms. The number of carbonyl (C=O) groups excluding carboxylic acids is 1. The lowest BCUT2D eigenvalue weighted by molar-refractivity contribution is 0.0539. The number of amides is 1. The highest BCUT2D eigenvalue weighted by molar-refractivity contribution is 6.00. The van der Waals surface area contributed by atoms with Gasteiger partial charge < -0.3 is 14.6 Å². The van der Waals surface area contributed by atoms with E-state index in [0.29, 0.717) is 24.7 Å². The summed E-state index contributed by atoms with van der Waals surface area (Å²) in [5.74, 6) is -2.44. The Kier molecular flexibility index (Phi) is 5.91. The fourth-order valence-electron chi connectivity index (χ4n) is 4.48. The number of hydrogen-bond acceptors (Lipinski definition) is 6. The second-order valence-electron chi connectivity index (χ2n) is 8.41. The zero-order valence-electron chi connectivity index (χ0n) is 18.5. The molecule has 2 aromatic carbocycles. The fraction of sp³-hybridized carbons (Fsp3) is 0.280. The standard InChI is InChI=1S/C25H23F2N5O2/c1-15-6-4-13-32(19(15)14-30-25-31-18-7-2-3-8-20(18)34-25)24(33)16-9-10-17(26)22(27)21(16)23-28-11-5-12-29-23/h2-3,5,7-12,15,19H,4,6,13-14H2,1H3,(H,30,31). The molecule has 4 aromatic rings.